The van der Waals surface area contributed by atoms with E-state index in [2.05, 4.69) is 22.5 Å². The van der Waals surface area contributed by atoms with Crippen molar-refractivity contribution in [1.82, 2.24) is 0 Å². The molecule has 2 nitrogen and oxygen atoms in total. The largest absolute Gasteiger partial charge is 0.481 e. The highest BCUT2D eigenvalue weighted by molar-refractivity contribution is 9.10. The molecule has 0 aliphatic rings. The van der Waals surface area contributed by atoms with Crippen molar-refractivity contribution in [1.29, 1.82) is 0 Å². The summed E-state index contributed by atoms with van der Waals surface area (Å²) < 4.78 is 0.760. The molecule has 0 aromatic heterocycles. The van der Waals surface area contributed by atoms with Crippen LogP contribution in [0.3, 0.4) is 0 Å². The van der Waals surface area contributed by atoms with Crippen molar-refractivity contribution >= 4 is 33.5 Å². The van der Waals surface area contributed by atoms with E-state index in [9.17, 15) is 4.79 Å². The molecule has 1 aromatic rings. The lowest BCUT2D eigenvalue weighted by Gasteiger charge is -2.11. The van der Waals surface area contributed by atoms with Gasteiger partial charge in [-0.15, -0.1) is 6.58 Å². The van der Waals surface area contributed by atoms with Crippen LogP contribution in [0.1, 0.15) is 17.9 Å². The van der Waals surface area contributed by atoms with Crippen LogP contribution < -0.4 is 0 Å². The lowest BCUT2D eigenvalue weighted by Crippen LogP contribution is -2.10. The van der Waals surface area contributed by atoms with Crippen LogP contribution in [0.25, 0.3) is 0 Å². The van der Waals surface area contributed by atoms with Crippen LogP contribution in [-0.2, 0) is 4.79 Å². The maximum Gasteiger partial charge on any atom is 0.311 e. The monoisotopic (exact) mass is 288 g/mol. The first-order valence-electron chi connectivity index (χ1n) is 4.35. The summed E-state index contributed by atoms with van der Waals surface area (Å²) in [4.78, 5) is 11.0. The van der Waals surface area contributed by atoms with Crippen LogP contribution in [-0.4, -0.2) is 11.1 Å². The fourth-order valence-corrected chi connectivity index (χ4v) is 1.71. The topological polar surface area (TPSA) is 37.3 Å². The van der Waals surface area contributed by atoms with E-state index in [1.165, 1.54) is 0 Å². The molecule has 80 valence electrons. The van der Waals surface area contributed by atoms with Crippen LogP contribution >= 0.6 is 27.5 Å². The zero-order valence-corrected chi connectivity index (χ0v) is 10.3. The van der Waals surface area contributed by atoms with Gasteiger partial charge < -0.3 is 5.11 Å². The maximum absolute atomic E-state index is 11.0. The van der Waals surface area contributed by atoms with Crippen LogP contribution in [0.2, 0.25) is 5.02 Å². The van der Waals surface area contributed by atoms with Crippen LogP contribution in [0.4, 0.5) is 0 Å². The molecule has 1 atom stereocenters. The SMILES string of the molecule is C=CCC(C(=O)O)c1ccc(Br)c(Cl)c1. The van der Waals surface area contributed by atoms with Gasteiger partial charge in [-0.1, -0.05) is 23.7 Å². The number of aliphatic carboxylic acids is 1. The van der Waals surface area contributed by atoms with Gasteiger partial charge in [0.2, 0.25) is 0 Å². The van der Waals surface area contributed by atoms with Gasteiger partial charge in [-0.2, -0.15) is 0 Å². The maximum atomic E-state index is 11.0. The van der Waals surface area contributed by atoms with Crippen LogP contribution in [0.5, 0.6) is 0 Å². The molecule has 0 saturated heterocycles. The van der Waals surface area contributed by atoms with E-state index < -0.39 is 11.9 Å². The Labute approximate surface area is 102 Å². The third-order valence-electron chi connectivity index (χ3n) is 2.05. The van der Waals surface area contributed by atoms with Crippen molar-refractivity contribution in [2.24, 2.45) is 0 Å². The van der Waals surface area contributed by atoms with E-state index in [-0.39, 0.29) is 0 Å². The molecule has 0 saturated carbocycles. The molecular formula is C11H10BrClO2. The van der Waals surface area contributed by atoms with Crippen LogP contribution in [0, 0.1) is 0 Å². The van der Waals surface area contributed by atoms with E-state index in [0.717, 1.165) is 4.47 Å². The van der Waals surface area contributed by atoms with E-state index in [1.54, 1.807) is 24.3 Å². The summed E-state index contributed by atoms with van der Waals surface area (Å²) in [6.07, 6.45) is 1.99. The summed E-state index contributed by atoms with van der Waals surface area (Å²) in [5, 5.41) is 9.53. The molecule has 0 heterocycles. The molecule has 4 heteroatoms. The summed E-state index contributed by atoms with van der Waals surface area (Å²) in [7, 11) is 0. The molecule has 1 unspecified atom stereocenters. The Kier molecular flexibility index (Phi) is 4.36. The number of benzene rings is 1. The molecule has 15 heavy (non-hydrogen) atoms. The average molecular weight is 290 g/mol. The minimum Gasteiger partial charge on any atom is -0.481 e. The molecular weight excluding hydrogens is 279 g/mol. The number of hydrogen-bond donors (Lipinski definition) is 1. The molecule has 0 aliphatic heterocycles. The second-order valence-electron chi connectivity index (χ2n) is 3.09. The van der Waals surface area contributed by atoms with E-state index in [4.69, 9.17) is 16.7 Å². The highest BCUT2D eigenvalue weighted by atomic mass is 79.9. The average Bonchev–Trinajstić information content (AvgIpc) is 2.18. The third kappa shape index (κ3) is 3.08. The Bertz CT molecular complexity index is 390. The zero-order chi connectivity index (χ0) is 11.4. The molecule has 0 radical (unpaired) electrons. The fourth-order valence-electron chi connectivity index (χ4n) is 1.28. The predicted molar refractivity (Wildman–Crippen MR) is 64.3 cm³/mol. The minimum absolute atomic E-state index is 0.396. The molecule has 0 amide bonds. The number of halogens is 2. The Morgan fingerprint density at radius 3 is 2.80 bits per heavy atom. The molecule has 0 spiro atoms. The highest BCUT2D eigenvalue weighted by Gasteiger charge is 2.18. The smallest absolute Gasteiger partial charge is 0.311 e. The zero-order valence-electron chi connectivity index (χ0n) is 7.91. The number of rotatable bonds is 4. The predicted octanol–water partition coefficient (Wildman–Crippen LogP) is 3.85. The van der Waals surface area contributed by atoms with Gasteiger partial charge in [0.15, 0.2) is 0 Å². The second-order valence-corrected chi connectivity index (χ2v) is 4.35. The molecule has 1 aromatic carbocycles. The number of carboxylic acids is 1. The van der Waals surface area contributed by atoms with Crippen molar-refractivity contribution in [2.45, 2.75) is 12.3 Å². The Morgan fingerprint density at radius 1 is 1.67 bits per heavy atom. The minimum atomic E-state index is -0.867. The number of carbonyl (C=O) groups is 1. The third-order valence-corrected chi connectivity index (χ3v) is 3.28. The lowest BCUT2D eigenvalue weighted by atomic mass is 9.96. The summed E-state index contributed by atoms with van der Waals surface area (Å²) in [5.41, 5.74) is 0.690. The van der Waals surface area contributed by atoms with Gasteiger partial charge in [0.25, 0.3) is 0 Å². The molecule has 1 rings (SSSR count). The van der Waals surface area contributed by atoms with Gasteiger partial charge in [0.05, 0.1) is 10.9 Å². The van der Waals surface area contributed by atoms with Gasteiger partial charge in [-0.25, -0.2) is 0 Å². The van der Waals surface area contributed by atoms with E-state index in [0.29, 0.717) is 17.0 Å². The van der Waals surface area contributed by atoms with Gasteiger partial charge in [-0.05, 0) is 40.0 Å². The number of allylic oxidation sites excluding steroid dienone is 1. The van der Waals surface area contributed by atoms with E-state index in [1.807, 2.05) is 0 Å². The van der Waals surface area contributed by atoms with Crippen molar-refractivity contribution in [3.05, 3.63) is 45.9 Å². The first kappa shape index (κ1) is 12.3. The Hall–Kier alpha value is -0.800. The van der Waals surface area contributed by atoms with Crippen LogP contribution in [0.15, 0.2) is 35.3 Å². The fraction of sp³-hybridized carbons (Fsp3) is 0.182. The summed E-state index contributed by atoms with van der Waals surface area (Å²) in [6, 6.07) is 5.16. The Morgan fingerprint density at radius 2 is 2.33 bits per heavy atom. The quantitative estimate of drug-likeness (QED) is 0.855. The van der Waals surface area contributed by atoms with Crippen molar-refractivity contribution in [3.63, 3.8) is 0 Å². The van der Waals surface area contributed by atoms with Crippen molar-refractivity contribution < 1.29 is 9.90 Å². The van der Waals surface area contributed by atoms with E-state index >= 15 is 0 Å². The summed E-state index contributed by atoms with van der Waals surface area (Å²) in [5.74, 6) is -1.44. The lowest BCUT2D eigenvalue weighted by molar-refractivity contribution is -0.138. The number of carboxylic acid groups (broad SMARTS) is 1. The normalized spacial score (nSPS) is 12.1. The first-order valence-corrected chi connectivity index (χ1v) is 5.52. The molecule has 0 fully saturated rings. The summed E-state index contributed by atoms with van der Waals surface area (Å²) >= 11 is 9.15. The van der Waals surface area contributed by atoms with Gasteiger partial charge in [-0.3, -0.25) is 4.79 Å². The molecule has 0 aliphatic carbocycles. The molecule has 1 N–H and O–H groups in total. The highest BCUT2D eigenvalue weighted by Crippen LogP contribution is 2.28. The number of hydrogen-bond acceptors (Lipinski definition) is 1. The van der Waals surface area contributed by atoms with Gasteiger partial charge in [0, 0.05) is 4.47 Å². The first-order chi connectivity index (χ1) is 7.06. The van der Waals surface area contributed by atoms with Crippen molar-refractivity contribution in [3.8, 4) is 0 Å². The van der Waals surface area contributed by atoms with Crippen molar-refractivity contribution in [2.75, 3.05) is 0 Å². The van der Waals surface area contributed by atoms with Gasteiger partial charge in [0.1, 0.15) is 0 Å². The van der Waals surface area contributed by atoms with Gasteiger partial charge >= 0.3 is 5.97 Å². The molecule has 0 bridgehead atoms. The second kappa shape index (κ2) is 5.33. The Balaban J connectivity index is 3.06. The summed E-state index contributed by atoms with van der Waals surface area (Å²) in [6.45, 7) is 3.54. The standard InChI is InChI=1S/C11H10BrClO2/c1-2-3-8(11(14)15)7-4-5-9(12)10(13)6-7/h2,4-6,8H,1,3H2,(H,14,15).